The summed E-state index contributed by atoms with van der Waals surface area (Å²) in [6.45, 7) is 0.423. The monoisotopic (exact) mass is 246 g/mol. The molecule has 0 bridgehead atoms. The Bertz CT molecular complexity index is 449. The molecule has 2 rings (SSSR count). The van der Waals surface area contributed by atoms with E-state index in [1.54, 1.807) is 12.2 Å². The number of carboxylic acid groups (broad SMARTS) is 1. The highest BCUT2D eigenvalue weighted by Gasteiger charge is 2.09. The summed E-state index contributed by atoms with van der Waals surface area (Å²) in [6, 6.07) is 6.25. The van der Waals surface area contributed by atoms with Crippen LogP contribution in [0.5, 0.6) is 5.75 Å². The topological polar surface area (TPSA) is 46.5 Å². The van der Waals surface area contributed by atoms with Crippen LogP contribution in [0.2, 0.25) is 0 Å². The van der Waals surface area contributed by atoms with Crippen molar-refractivity contribution in [3.63, 3.8) is 0 Å². The minimum atomic E-state index is -0.819. The fourth-order valence-electron chi connectivity index (χ4n) is 2.20. The molecule has 0 amide bonds. The third-order valence-electron chi connectivity index (χ3n) is 3.13. The number of rotatable bonds is 5. The van der Waals surface area contributed by atoms with Gasteiger partial charge < -0.3 is 9.84 Å². The van der Waals surface area contributed by atoms with Crippen molar-refractivity contribution in [2.45, 2.75) is 32.1 Å². The summed E-state index contributed by atoms with van der Waals surface area (Å²) in [4.78, 5) is 10.3. The highest BCUT2D eigenvalue weighted by atomic mass is 16.5. The van der Waals surface area contributed by atoms with E-state index in [1.165, 1.54) is 30.4 Å². The Kier molecular flexibility index (Phi) is 4.40. The molecular weight excluding hydrogens is 228 g/mol. The van der Waals surface area contributed by atoms with Gasteiger partial charge in [-0.2, -0.15) is 0 Å². The van der Waals surface area contributed by atoms with Gasteiger partial charge in [0.1, 0.15) is 12.4 Å². The van der Waals surface area contributed by atoms with Gasteiger partial charge in [0.2, 0.25) is 0 Å². The van der Waals surface area contributed by atoms with Gasteiger partial charge in [-0.25, -0.2) is 0 Å². The molecule has 0 saturated heterocycles. The standard InChI is InChI=1S/C15H18O3/c16-15(17)7-3-4-10-18-14-9-8-12-5-1-2-6-13(12)11-14/h3-4,8-9,11H,1-2,5-7,10H2,(H,16,17)/b4-3+. The summed E-state index contributed by atoms with van der Waals surface area (Å²) < 4.78 is 5.57. The third-order valence-corrected chi connectivity index (χ3v) is 3.13. The van der Waals surface area contributed by atoms with Crippen LogP contribution >= 0.6 is 0 Å². The number of aryl methyl sites for hydroxylation is 2. The van der Waals surface area contributed by atoms with Gasteiger partial charge in [-0.3, -0.25) is 4.79 Å². The maximum atomic E-state index is 10.3. The lowest BCUT2D eigenvalue weighted by molar-refractivity contribution is -0.136. The first kappa shape index (κ1) is 12.7. The first-order valence-electron chi connectivity index (χ1n) is 6.37. The molecule has 0 aromatic heterocycles. The lowest BCUT2D eigenvalue weighted by Gasteiger charge is -2.16. The molecule has 18 heavy (non-hydrogen) atoms. The van der Waals surface area contributed by atoms with E-state index in [2.05, 4.69) is 12.1 Å². The van der Waals surface area contributed by atoms with Crippen molar-refractivity contribution in [2.75, 3.05) is 6.61 Å². The van der Waals surface area contributed by atoms with Crippen molar-refractivity contribution < 1.29 is 14.6 Å². The molecule has 1 aromatic carbocycles. The molecule has 0 radical (unpaired) electrons. The second-order valence-corrected chi connectivity index (χ2v) is 4.52. The number of hydrogen-bond acceptors (Lipinski definition) is 2. The van der Waals surface area contributed by atoms with Gasteiger partial charge in [0.05, 0.1) is 6.42 Å². The number of aliphatic carboxylic acids is 1. The zero-order valence-electron chi connectivity index (χ0n) is 10.4. The zero-order chi connectivity index (χ0) is 12.8. The highest BCUT2D eigenvalue weighted by molar-refractivity contribution is 5.68. The second-order valence-electron chi connectivity index (χ2n) is 4.52. The van der Waals surface area contributed by atoms with E-state index in [0.717, 1.165) is 12.2 Å². The second kappa shape index (κ2) is 6.24. The smallest absolute Gasteiger partial charge is 0.307 e. The number of fused-ring (bicyclic) bond motifs is 1. The fraction of sp³-hybridized carbons (Fsp3) is 0.400. The van der Waals surface area contributed by atoms with Gasteiger partial charge >= 0.3 is 5.97 Å². The third kappa shape index (κ3) is 3.62. The Balaban J connectivity index is 1.86. The van der Waals surface area contributed by atoms with Gasteiger partial charge in [-0.15, -0.1) is 0 Å². The molecule has 1 aliphatic rings. The Morgan fingerprint density at radius 2 is 2.00 bits per heavy atom. The largest absolute Gasteiger partial charge is 0.490 e. The van der Waals surface area contributed by atoms with Crippen LogP contribution in [0.4, 0.5) is 0 Å². The number of ether oxygens (including phenoxy) is 1. The van der Waals surface area contributed by atoms with Crippen LogP contribution in [0, 0.1) is 0 Å². The van der Waals surface area contributed by atoms with Crippen molar-refractivity contribution in [3.8, 4) is 5.75 Å². The molecule has 0 spiro atoms. The summed E-state index contributed by atoms with van der Waals surface area (Å²) in [5, 5.41) is 8.47. The Labute approximate surface area is 107 Å². The van der Waals surface area contributed by atoms with E-state index in [-0.39, 0.29) is 6.42 Å². The molecule has 0 atom stereocenters. The van der Waals surface area contributed by atoms with Gasteiger partial charge in [0.25, 0.3) is 0 Å². The van der Waals surface area contributed by atoms with Gasteiger partial charge in [0, 0.05) is 0 Å². The first-order valence-corrected chi connectivity index (χ1v) is 6.37. The molecule has 3 heteroatoms. The number of hydrogen-bond donors (Lipinski definition) is 1. The molecule has 3 nitrogen and oxygen atoms in total. The molecular formula is C15H18O3. The SMILES string of the molecule is O=C(O)C/C=C/COc1ccc2c(c1)CCCC2. The molecule has 1 N–H and O–H groups in total. The summed E-state index contributed by atoms with van der Waals surface area (Å²) in [7, 11) is 0. The maximum absolute atomic E-state index is 10.3. The van der Waals surface area contributed by atoms with Gasteiger partial charge in [0.15, 0.2) is 0 Å². The fourth-order valence-corrected chi connectivity index (χ4v) is 2.20. The number of carbonyl (C=O) groups is 1. The van der Waals surface area contributed by atoms with Crippen molar-refractivity contribution in [3.05, 3.63) is 41.5 Å². The molecule has 0 aliphatic heterocycles. The van der Waals surface area contributed by atoms with Crippen LogP contribution in [-0.4, -0.2) is 17.7 Å². The van der Waals surface area contributed by atoms with Crippen LogP contribution < -0.4 is 4.74 Å². The predicted molar refractivity (Wildman–Crippen MR) is 70.0 cm³/mol. The summed E-state index contributed by atoms with van der Waals surface area (Å²) in [5.41, 5.74) is 2.84. The zero-order valence-corrected chi connectivity index (χ0v) is 10.4. The lowest BCUT2D eigenvalue weighted by Crippen LogP contribution is -2.03. The van der Waals surface area contributed by atoms with Crippen LogP contribution in [0.25, 0.3) is 0 Å². The van der Waals surface area contributed by atoms with Crippen LogP contribution in [0.15, 0.2) is 30.4 Å². The van der Waals surface area contributed by atoms with Crippen molar-refractivity contribution in [2.24, 2.45) is 0 Å². The van der Waals surface area contributed by atoms with E-state index >= 15 is 0 Å². The van der Waals surface area contributed by atoms with Crippen LogP contribution in [0.3, 0.4) is 0 Å². The van der Waals surface area contributed by atoms with Gasteiger partial charge in [-0.1, -0.05) is 18.2 Å². The Morgan fingerprint density at radius 3 is 2.78 bits per heavy atom. The average molecular weight is 246 g/mol. The molecule has 0 unspecified atom stereocenters. The average Bonchev–Trinajstić information content (AvgIpc) is 2.38. The van der Waals surface area contributed by atoms with E-state index < -0.39 is 5.97 Å². The molecule has 0 fully saturated rings. The Morgan fingerprint density at radius 1 is 1.22 bits per heavy atom. The first-order chi connectivity index (χ1) is 8.75. The van der Waals surface area contributed by atoms with Gasteiger partial charge in [-0.05, 0) is 48.9 Å². The normalized spacial score (nSPS) is 14.4. The minimum absolute atomic E-state index is 0.0492. The lowest BCUT2D eigenvalue weighted by atomic mass is 9.92. The van der Waals surface area contributed by atoms with E-state index in [1.807, 2.05) is 6.07 Å². The maximum Gasteiger partial charge on any atom is 0.307 e. The quantitative estimate of drug-likeness (QED) is 0.812. The summed E-state index contributed by atoms with van der Waals surface area (Å²) in [5.74, 6) is 0.0515. The van der Waals surface area contributed by atoms with Crippen molar-refractivity contribution in [1.29, 1.82) is 0 Å². The molecule has 0 saturated carbocycles. The van der Waals surface area contributed by atoms with Crippen molar-refractivity contribution >= 4 is 5.97 Å². The van der Waals surface area contributed by atoms with E-state index in [4.69, 9.17) is 9.84 Å². The van der Waals surface area contributed by atoms with Crippen LogP contribution in [-0.2, 0) is 17.6 Å². The molecule has 1 aliphatic carbocycles. The van der Waals surface area contributed by atoms with Crippen LogP contribution in [0.1, 0.15) is 30.4 Å². The molecule has 0 heterocycles. The summed E-state index contributed by atoms with van der Waals surface area (Å²) >= 11 is 0. The summed E-state index contributed by atoms with van der Waals surface area (Å²) in [6.07, 6.45) is 8.26. The van der Waals surface area contributed by atoms with E-state index in [0.29, 0.717) is 6.61 Å². The predicted octanol–water partition coefficient (Wildman–Crippen LogP) is 2.98. The minimum Gasteiger partial charge on any atom is -0.490 e. The Hall–Kier alpha value is -1.77. The van der Waals surface area contributed by atoms with E-state index in [9.17, 15) is 4.79 Å². The van der Waals surface area contributed by atoms with Crippen molar-refractivity contribution in [1.82, 2.24) is 0 Å². The molecule has 96 valence electrons. The molecule has 1 aromatic rings. The number of benzene rings is 1. The highest BCUT2D eigenvalue weighted by Crippen LogP contribution is 2.25. The number of carboxylic acids is 1.